The maximum Gasteiger partial charge on any atom is 0.488 e. The largest absolute Gasteiger partial charge is 0.488 e. The number of benzene rings is 1. The van der Waals surface area contributed by atoms with E-state index in [2.05, 4.69) is 0 Å². The van der Waals surface area contributed by atoms with E-state index in [1.54, 1.807) is 0 Å². The van der Waals surface area contributed by atoms with Gasteiger partial charge < -0.3 is 10.0 Å². The van der Waals surface area contributed by atoms with E-state index in [4.69, 9.17) is 10.0 Å². The fourth-order valence-electron chi connectivity index (χ4n) is 1.42. The number of rotatable bonds is 1. The molecule has 0 aliphatic rings. The summed E-state index contributed by atoms with van der Waals surface area (Å²) < 4.78 is 37.9. The number of hydrogen-bond acceptors (Lipinski definition) is 3. The van der Waals surface area contributed by atoms with Gasteiger partial charge in [-0.1, -0.05) is 12.1 Å². The van der Waals surface area contributed by atoms with Crippen molar-refractivity contribution < 1.29 is 23.2 Å². The molecule has 0 bridgehead atoms. The van der Waals surface area contributed by atoms with Gasteiger partial charge in [0.1, 0.15) is 0 Å². The van der Waals surface area contributed by atoms with Crippen molar-refractivity contribution in [3.63, 3.8) is 0 Å². The van der Waals surface area contributed by atoms with Crippen LogP contribution in [0.15, 0.2) is 23.6 Å². The Morgan fingerprint density at radius 1 is 1.19 bits per heavy atom. The van der Waals surface area contributed by atoms with E-state index >= 15 is 0 Å². The van der Waals surface area contributed by atoms with Gasteiger partial charge in [-0.2, -0.15) is 13.2 Å². The number of fused-ring (bicyclic) bond motifs is 1. The molecule has 84 valence electrons. The van der Waals surface area contributed by atoms with Crippen molar-refractivity contribution in [3.8, 4) is 0 Å². The van der Waals surface area contributed by atoms with Crippen molar-refractivity contribution in [2.75, 3.05) is 0 Å². The van der Waals surface area contributed by atoms with E-state index < -0.39 is 18.9 Å². The molecule has 0 saturated heterocycles. The Hall–Kier alpha value is -1.05. The molecule has 0 radical (unpaired) electrons. The molecular formula is C9H6BF3O2S. The minimum Gasteiger partial charge on any atom is -0.423 e. The van der Waals surface area contributed by atoms with E-state index in [9.17, 15) is 13.2 Å². The lowest BCUT2D eigenvalue weighted by molar-refractivity contribution is -0.136. The first-order valence-electron chi connectivity index (χ1n) is 4.34. The molecule has 2 N–H and O–H groups in total. The van der Waals surface area contributed by atoms with Crippen LogP contribution in [0.4, 0.5) is 13.2 Å². The third kappa shape index (κ3) is 1.93. The smallest absolute Gasteiger partial charge is 0.423 e. The Morgan fingerprint density at radius 2 is 1.88 bits per heavy atom. The average molecular weight is 246 g/mol. The molecule has 0 aliphatic heterocycles. The summed E-state index contributed by atoms with van der Waals surface area (Å²) in [5.41, 5.74) is -0.505. The normalized spacial score (nSPS) is 12.1. The summed E-state index contributed by atoms with van der Waals surface area (Å²) in [7, 11) is -1.67. The summed E-state index contributed by atoms with van der Waals surface area (Å²) in [5.74, 6) is 0. The van der Waals surface area contributed by atoms with Gasteiger partial charge in [0.05, 0.1) is 5.56 Å². The van der Waals surface area contributed by atoms with E-state index in [-0.39, 0.29) is 10.8 Å². The molecule has 0 amide bonds. The second kappa shape index (κ2) is 3.76. The molecule has 16 heavy (non-hydrogen) atoms. The summed E-state index contributed by atoms with van der Waals surface area (Å²) in [6, 6.07) is 3.87. The lowest BCUT2D eigenvalue weighted by Gasteiger charge is -2.04. The predicted molar refractivity (Wildman–Crippen MR) is 56.7 cm³/mol. The highest BCUT2D eigenvalue weighted by Crippen LogP contribution is 2.37. The van der Waals surface area contributed by atoms with Crippen molar-refractivity contribution in [2.24, 2.45) is 0 Å². The zero-order chi connectivity index (χ0) is 11.9. The molecule has 1 aromatic carbocycles. The predicted octanol–water partition coefficient (Wildman–Crippen LogP) is 1.60. The van der Waals surface area contributed by atoms with Crippen molar-refractivity contribution in [1.29, 1.82) is 0 Å². The highest BCUT2D eigenvalue weighted by Gasteiger charge is 2.33. The third-order valence-electron chi connectivity index (χ3n) is 2.20. The van der Waals surface area contributed by atoms with E-state index in [0.717, 1.165) is 16.7 Å². The Kier molecular flexibility index (Phi) is 2.69. The topological polar surface area (TPSA) is 40.5 Å². The summed E-state index contributed by atoms with van der Waals surface area (Å²) >= 11 is 0.930. The molecule has 0 fully saturated rings. The molecule has 7 heteroatoms. The van der Waals surface area contributed by atoms with Gasteiger partial charge in [0.25, 0.3) is 0 Å². The van der Waals surface area contributed by atoms with Crippen molar-refractivity contribution in [3.05, 3.63) is 29.1 Å². The van der Waals surface area contributed by atoms with E-state index in [0.29, 0.717) is 4.70 Å². The maximum absolute atomic E-state index is 12.5. The molecule has 0 spiro atoms. The molecule has 2 nitrogen and oxygen atoms in total. The number of halogens is 3. The molecule has 0 unspecified atom stereocenters. The first kappa shape index (κ1) is 11.4. The van der Waals surface area contributed by atoms with Crippen LogP contribution >= 0.6 is 11.3 Å². The zero-order valence-corrected chi connectivity index (χ0v) is 8.64. The minimum atomic E-state index is -4.38. The molecule has 2 aromatic rings. The van der Waals surface area contributed by atoms with Gasteiger partial charge in [0.2, 0.25) is 0 Å². The monoisotopic (exact) mass is 246 g/mol. The third-order valence-corrected chi connectivity index (χ3v) is 3.15. The molecule has 0 atom stereocenters. The molecule has 2 rings (SSSR count). The second-order valence-electron chi connectivity index (χ2n) is 3.28. The highest BCUT2D eigenvalue weighted by molar-refractivity contribution is 7.17. The summed E-state index contributed by atoms with van der Waals surface area (Å²) in [6.07, 6.45) is -4.38. The van der Waals surface area contributed by atoms with Crippen LogP contribution in [0.1, 0.15) is 5.56 Å². The van der Waals surface area contributed by atoms with Gasteiger partial charge in [-0.25, -0.2) is 0 Å². The molecular weight excluding hydrogens is 240 g/mol. The Morgan fingerprint density at radius 3 is 2.44 bits per heavy atom. The van der Waals surface area contributed by atoms with Gasteiger partial charge in [0, 0.05) is 15.5 Å². The van der Waals surface area contributed by atoms with Crippen LogP contribution in [0.25, 0.3) is 10.1 Å². The number of alkyl halides is 3. The molecule has 1 aromatic heterocycles. The van der Waals surface area contributed by atoms with Gasteiger partial charge in [0.15, 0.2) is 0 Å². The SMILES string of the molecule is OB(O)c1ccc2c(C(F)(F)F)csc2c1. The van der Waals surface area contributed by atoms with Crippen LogP contribution in [0.3, 0.4) is 0 Å². The summed E-state index contributed by atoms with van der Waals surface area (Å²) in [5, 5.41) is 18.9. The molecule has 0 saturated carbocycles. The number of hydrogen-bond donors (Lipinski definition) is 2. The van der Waals surface area contributed by atoms with Gasteiger partial charge in [-0.05, 0) is 11.5 Å². The minimum absolute atomic E-state index is 0.0851. The Bertz CT molecular complexity index is 521. The highest BCUT2D eigenvalue weighted by atomic mass is 32.1. The maximum atomic E-state index is 12.5. The van der Waals surface area contributed by atoms with Gasteiger partial charge in [-0.3, -0.25) is 0 Å². The van der Waals surface area contributed by atoms with Gasteiger partial charge >= 0.3 is 13.3 Å². The van der Waals surface area contributed by atoms with Crippen LogP contribution in [-0.2, 0) is 6.18 Å². The lowest BCUT2D eigenvalue weighted by Crippen LogP contribution is -2.29. The first-order valence-corrected chi connectivity index (χ1v) is 5.22. The van der Waals surface area contributed by atoms with Crippen LogP contribution < -0.4 is 5.46 Å². The van der Waals surface area contributed by atoms with Crippen LogP contribution in [0, 0.1) is 0 Å². The van der Waals surface area contributed by atoms with E-state index in [1.165, 1.54) is 18.2 Å². The molecule has 1 heterocycles. The Balaban J connectivity index is 2.59. The lowest BCUT2D eigenvalue weighted by atomic mass is 9.80. The van der Waals surface area contributed by atoms with E-state index in [1.807, 2.05) is 0 Å². The van der Waals surface area contributed by atoms with Crippen LogP contribution in [0.2, 0.25) is 0 Å². The van der Waals surface area contributed by atoms with Crippen molar-refractivity contribution >= 4 is 34.0 Å². The average Bonchev–Trinajstić information content (AvgIpc) is 2.58. The fraction of sp³-hybridized carbons (Fsp3) is 0.111. The first-order chi connectivity index (χ1) is 7.39. The van der Waals surface area contributed by atoms with Gasteiger partial charge in [-0.15, -0.1) is 11.3 Å². The Labute approximate surface area is 93.1 Å². The zero-order valence-electron chi connectivity index (χ0n) is 7.82. The standard InChI is InChI=1S/C9H6BF3O2S/c11-9(12,13)7-4-16-8-3-5(10(14)15)1-2-6(7)8/h1-4,14-15H. The fourth-order valence-corrected chi connectivity index (χ4v) is 2.44. The summed E-state index contributed by atoms with van der Waals surface area (Å²) in [4.78, 5) is 0. The number of thiophene rings is 1. The van der Waals surface area contributed by atoms with Crippen LogP contribution in [-0.4, -0.2) is 17.2 Å². The summed E-state index contributed by atoms with van der Waals surface area (Å²) in [6.45, 7) is 0. The van der Waals surface area contributed by atoms with Crippen LogP contribution in [0.5, 0.6) is 0 Å². The second-order valence-corrected chi connectivity index (χ2v) is 4.19. The molecule has 0 aliphatic carbocycles. The van der Waals surface area contributed by atoms with Crippen molar-refractivity contribution in [1.82, 2.24) is 0 Å². The quantitative estimate of drug-likeness (QED) is 0.750. The van der Waals surface area contributed by atoms with Crippen molar-refractivity contribution in [2.45, 2.75) is 6.18 Å².